The summed E-state index contributed by atoms with van der Waals surface area (Å²) in [6, 6.07) is 1.75. The molecule has 1 aliphatic rings. The van der Waals surface area contributed by atoms with E-state index >= 15 is 0 Å². The van der Waals surface area contributed by atoms with Gasteiger partial charge in [-0.05, 0) is 18.4 Å². The third-order valence-corrected chi connectivity index (χ3v) is 3.58. The average Bonchev–Trinajstić information content (AvgIpc) is 2.73. The van der Waals surface area contributed by atoms with Crippen molar-refractivity contribution in [2.24, 2.45) is 5.16 Å². The number of oxime groups is 1. The van der Waals surface area contributed by atoms with Gasteiger partial charge in [-0.15, -0.1) is 11.3 Å². The second kappa shape index (κ2) is 3.50. The molecule has 1 N–H and O–H groups in total. The molecule has 15 heavy (non-hydrogen) atoms. The van der Waals surface area contributed by atoms with Crippen LogP contribution in [0.4, 0.5) is 0 Å². The Bertz CT molecular complexity index is 442. The summed E-state index contributed by atoms with van der Waals surface area (Å²) in [5.74, 6) is -1.02. The van der Waals surface area contributed by atoms with E-state index in [9.17, 15) is 4.79 Å². The van der Waals surface area contributed by atoms with Crippen molar-refractivity contribution in [1.29, 1.82) is 0 Å². The lowest BCUT2D eigenvalue weighted by Crippen LogP contribution is -2.35. The van der Waals surface area contributed by atoms with Crippen LogP contribution in [0.3, 0.4) is 0 Å². The van der Waals surface area contributed by atoms with Crippen LogP contribution in [0.15, 0.2) is 16.6 Å². The summed E-state index contributed by atoms with van der Waals surface area (Å²) in [5.41, 5.74) is -0.664. The summed E-state index contributed by atoms with van der Waals surface area (Å²) < 4.78 is 0. The SMILES string of the molecule is CC1(C(=O)O)CC(c2sccc2Cl)=NO1. The fraction of sp³-hybridized carbons (Fsp3) is 0.333. The van der Waals surface area contributed by atoms with Crippen LogP contribution in [0.25, 0.3) is 0 Å². The number of hydrogen-bond donors (Lipinski definition) is 1. The van der Waals surface area contributed by atoms with Gasteiger partial charge < -0.3 is 9.94 Å². The zero-order chi connectivity index (χ0) is 11.1. The van der Waals surface area contributed by atoms with Gasteiger partial charge in [0.05, 0.1) is 9.90 Å². The van der Waals surface area contributed by atoms with Gasteiger partial charge in [0.25, 0.3) is 0 Å². The average molecular weight is 246 g/mol. The van der Waals surface area contributed by atoms with E-state index in [1.54, 1.807) is 6.07 Å². The molecular formula is C9H8ClNO3S. The van der Waals surface area contributed by atoms with Gasteiger partial charge in [-0.2, -0.15) is 0 Å². The lowest BCUT2D eigenvalue weighted by atomic mass is 9.99. The molecule has 0 aliphatic carbocycles. The van der Waals surface area contributed by atoms with Gasteiger partial charge in [-0.25, -0.2) is 4.79 Å². The van der Waals surface area contributed by atoms with Crippen LogP contribution in [0.5, 0.6) is 0 Å². The van der Waals surface area contributed by atoms with Gasteiger partial charge >= 0.3 is 5.97 Å². The van der Waals surface area contributed by atoms with Gasteiger partial charge in [0.1, 0.15) is 5.71 Å². The molecule has 1 unspecified atom stereocenters. The Kier molecular flexibility index (Phi) is 2.44. The second-order valence-corrected chi connectivity index (χ2v) is 4.76. The monoisotopic (exact) mass is 245 g/mol. The Balaban J connectivity index is 2.24. The van der Waals surface area contributed by atoms with Gasteiger partial charge in [0, 0.05) is 6.42 Å². The maximum Gasteiger partial charge on any atom is 0.351 e. The first-order valence-electron chi connectivity index (χ1n) is 4.25. The van der Waals surface area contributed by atoms with Crippen LogP contribution < -0.4 is 0 Å². The number of carboxylic acids is 1. The molecule has 0 spiro atoms. The van der Waals surface area contributed by atoms with Gasteiger partial charge in [-0.1, -0.05) is 16.8 Å². The summed E-state index contributed by atoms with van der Waals surface area (Å²) >= 11 is 7.34. The fourth-order valence-corrected chi connectivity index (χ4v) is 2.42. The molecule has 0 fully saturated rings. The van der Waals surface area contributed by atoms with Gasteiger partial charge in [0.15, 0.2) is 0 Å². The Morgan fingerprint density at radius 2 is 2.53 bits per heavy atom. The molecular weight excluding hydrogens is 238 g/mol. The highest BCUT2D eigenvalue weighted by Gasteiger charge is 2.42. The second-order valence-electron chi connectivity index (χ2n) is 3.44. The summed E-state index contributed by atoms with van der Waals surface area (Å²) in [7, 11) is 0. The number of halogens is 1. The zero-order valence-corrected chi connectivity index (χ0v) is 9.43. The number of rotatable bonds is 2. The molecule has 0 radical (unpaired) electrons. The lowest BCUT2D eigenvalue weighted by Gasteiger charge is -2.14. The molecule has 0 saturated carbocycles. The molecule has 1 aromatic heterocycles. The molecule has 0 saturated heterocycles. The number of aliphatic carboxylic acids is 1. The zero-order valence-electron chi connectivity index (χ0n) is 7.86. The fourth-order valence-electron chi connectivity index (χ4n) is 1.28. The number of thiophene rings is 1. The third kappa shape index (κ3) is 1.72. The minimum absolute atomic E-state index is 0.239. The third-order valence-electron chi connectivity index (χ3n) is 2.19. The highest BCUT2D eigenvalue weighted by Crippen LogP contribution is 2.32. The van der Waals surface area contributed by atoms with E-state index in [0.29, 0.717) is 10.7 Å². The van der Waals surface area contributed by atoms with Crippen molar-refractivity contribution < 1.29 is 14.7 Å². The van der Waals surface area contributed by atoms with Gasteiger partial charge in [-0.3, -0.25) is 0 Å². The van der Waals surface area contributed by atoms with Crippen molar-refractivity contribution >= 4 is 34.6 Å². The quantitative estimate of drug-likeness (QED) is 0.870. The lowest BCUT2D eigenvalue weighted by molar-refractivity contribution is -0.160. The first-order chi connectivity index (χ1) is 7.03. The van der Waals surface area contributed by atoms with Crippen molar-refractivity contribution in [1.82, 2.24) is 0 Å². The molecule has 2 rings (SSSR count). The topological polar surface area (TPSA) is 58.9 Å². The summed E-state index contributed by atoms with van der Waals surface area (Å²) in [5, 5.41) is 15.1. The Labute approximate surface area is 95.1 Å². The molecule has 1 aliphatic heterocycles. The van der Waals surface area contributed by atoms with Crippen LogP contribution in [-0.2, 0) is 9.63 Å². The molecule has 2 heterocycles. The van der Waals surface area contributed by atoms with E-state index in [0.717, 1.165) is 4.88 Å². The first kappa shape index (κ1) is 10.4. The van der Waals surface area contributed by atoms with Crippen LogP contribution in [0.1, 0.15) is 18.2 Å². The van der Waals surface area contributed by atoms with Crippen LogP contribution in [0, 0.1) is 0 Å². The predicted molar refractivity (Wildman–Crippen MR) is 57.6 cm³/mol. The molecule has 0 aromatic carbocycles. The van der Waals surface area contributed by atoms with E-state index in [1.807, 2.05) is 5.38 Å². The molecule has 0 bridgehead atoms. The molecule has 4 nitrogen and oxygen atoms in total. The predicted octanol–water partition coefficient (Wildman–Crippen LogP) is 2.37. The van der Waals surface area contributed by atoms with Crippen LogP contribution in [-0.4, -0.2) is 22.4 Å². The first-order valence-corrected chi connectivity index (χ1v) is 5.50. The van der Waals surface area contributed by atoms with Crippen molar-refractivity contribution in [2.45, 2.75) is 18.9 Å². The van der Waals surface area contributed by atoms with Crippen molar-refractivity contribution in [2.75, 3.05) is 0 Å². The minimum Gasteiger partial charge on any atom is -0.478 e. The highest BCUT2D eigenvalue weighted by molar-refractivity contribution is 7.12. The smallest absolute Gasteiger partial charge is 0.351 e. The van der Waals surface area contributed by atoms with E-state index < -0.39 is 11.6 Å². The van der Waals surface area contributed by atoms with E-state index in [1.165, 1.54) is 18.3 Å². The molecule has 6 heteroatoms. The van der Waals surface area contributed by atoms with Crippen molar-refractivity contribution in [3.8, 4) is 0 Å². The molecule has 1 aromatic rings. The van der Waals surface area contributed by atoms with E-state index in [4.69, 9.17) is 21.5 Å². The van der Waals surface area contributed by atoms with Crippen LogP contribution >= 0.6 is 22.9 Å². The number of hydrogen-bond acceptors (Lipinski definition) is 4. The van der Waals surface area contributed by atoms with Crippen molar-refractivity contribution in [3.63, 3.8) is 0 Å². The summed E-state index contributed by atoms with van der Waals surface area (Å²) in [6.45, 7) is 1.49. The summed E-state index contributed by atoms with van der Waals surface area (Å²) in [6.07, 6.45) is 0.239. The molecule has 0 amide bonds. The van der Waals surface area contributed by atoms with Gasteiger partial charge in [0.2, 0.25) is 5.60 Å². The summed E-state index contributed by atoms with van der Waals surface area (Å²) in [4.78, 5) is 16.6. The maximum atomic E-state index is 10.9. The number of carboxylic acid groups (broad SMARTS) is 1. The minimum atomic E-state index is -1.26. The standard InChI is InChI=1S/C9H8ClNO3S/c1-9(8(12)13)4-6(11-14-9)7-5(10)2-3-15-7/h2-3H,4H2,1H3,(H,12,13). The van der Waals surface area contributed by atoms with Crippen molar-refractivity contribution in [3.05, 3.63) is 21.3 Å². The Morgan fingerprint density at radius 3 is 3.00 bits per heavy atom. The Hall–Kier alpha value is -1.07. The number of nitrogens with zero attached hydrogens (tertiary/aromatic N) is 1. The van der Waals surface area contributed by atoms with Crippen LogP contribution in [0.2, 0.25) is 5.02 Å². The molecule has 1 atom stereocenters. The largest absolute Gasteiger partial charge is 0.478 e. The highest BCUT2D eigenvalue weighted by atomic mass is 35.5. The Morgan fingerprint density at radius 1 is 1.80 bits per heavy atom. The van der Waals surface area contributed by atoms with E-state index in [2.05, 4.69) is 5.16 Å². The van der Waals surface area contributed by atoms with E-state index in [-0.39, 0.29) is 6.42 Å². The maximum absolute atomic E-state index is 10.9. The number of carbonyl (C=O) groups is 1. The molecule has 80 valence electrons. The normalized spacial score (nSPS) is 24.8.